The summed E-state index contributed by atoms with van der Waals surface area (Å²) in [4.78, 5) is 16.3. The third-order valence-electron chi connectivity index (χ3n) is 4.09. The van der Waals surface area contributed by atoms with Gasteiger partial charge in [-0.2, -0.15) is 0 Å². The minimum atomic E-state index is 0.0142. The molecule has 0 bridgehead atoms. The Balaban J connectivity index is 1.68. The Hall–Kier alpha value is -1.75. The number of amides is 2. The fourth-order valence-corrected chi connectivity index (χ4v) is 2.56. The lowest BCUT2D eigenvalue weighted by atomic mass is 10.1. The highest BCUT2D eigenvalue weighted by Gasteiger charge is 2.19. The second-order valence-corrected chi connectivity index (χ2v) is 5.77. The summed E-state index contributed by atoms with van der Waals surface area (Å²) in [6.45, 7) is 11.8. The molecule has 1 saturated heterocycles. The number of ether oxygens (including phenoxy) is 1. The summed E-state index contributed by atoms with van der Waals surface area (Å²) < 4.78 is 5.75. The van der Waals surface area contributed by atoms with E-state index in [-0.39, 0.29) is 6.03 Å². The van der Waals surface area contributed by atoms with Crippen LogP contribution in [0.4, 0.5) is 4.79 Å². The van der Waals surface area contributed by atoms with Crippen molar-refractivity contribution in [2.24, 2.45) is 0 Å². The van der Waals surface area contributed by atoms with E-state index in [1.54, 1.807) is 0 Å². The number of urea groups is 1. The number of nitrogens with zero attached hydrogens (tertiary/aromatic N) is 2. The third-order valence-corrected chi connectivity index (χ3v) is 4.09. The van der Waals surface area contributed by atoms with Crippen LogP contribution in [0.2, 0.25) is 0 Å². The highest BCUT2D eigenvalue weighted by Crippen LogP contribution is 2.18. The number of piperazine rings is 1. The van der Waals surface area contributed by atoms with Crippen molar-refractivity contribution in [2.45, 2.75) is 20.8 Å². The van der Waals surface area contributed by atoms with E-state index in [0.717, 1.165) is 44.0 Å². The fourth-order valence-electron chi connectivity index (χ4n) is 2.56. The van der Waals surface area contributed by atoms with Gasteiger partial charge in [0.25, 0.3) is 0 Å². The largest absolute Gasteiger partial charge is 0.491 e. The van der Waals surface area contributed by atoms with Gasteiger partial charge in [-0.1, -0.05) is 19.1 Å². The van der Waals surface area contributed by atoms with Crippen molar-refractivity contribution in [1.29, 1.82) is 0 Å². The van der Waals surface area contributed by atoms with Crippen molar-refractivity contribution in [3.8, 4) is 5.75 Å². The van der Waals surface area contributed by atoms with Crippen molar-refractivity contribution in [2.75, 3.05) is 45.9 Å². The van der Waals surface area contributed by atoms with Gasteiger partial charge in [0.05, 0.1) is 6.54 Å². The molecule has 1 aromatic carbocycles. The fraction of sp³-hybridized carbons (Fsp3) is 0.588. The van der Waals surface area contributed by atoms with E-state index in [9.17, 15) is 4.79 Å². The molecule has 2 rings (SSSR count). The number of hydrogen-bond acceptors (Lipinski definition) is 3. The van der Waals surface area contributed by atoms with Crippen LogP contribution in [0.1, 0.15) is 18.1 Å². The van der Waals surface area contributed by atoms with Gasteiger partial charge in [0, 0.05) is 26.2 Å². The van der Waals surface area contributed by atoms with Crippen molar-refractivity contribution < 1.29 is 9.53 Å². The van der Waals surface area contributed by atoms with E-state index in [0.29, 0.717) is 13.2 Å². The summed E-state index contributed by atoms with van der Waals surface area (Å²) in [6, 6.07) is 6.16. The molecule has 2 amide bonds. The van der Waals surface area contributed by atoms with Crippen LogP contribution in [0.3, 0.4) is 0 Å². The molecule has 122 valence electrons. The zero-order valence-corrected chi connectivity index (χ0v) is 13.9. The zero-order chi connectivity index (χ0) is 15.9. The second-order valence-electron chi connectivity index (χ2n) is 5.77. The van der Waals surface area contributed by atoms with Crippen LogP contribution in [0.5, 0.6) is 5.75 Å². The molecule has 0 unspecified atom stereocenters. The first kappa shape index (κ1) is 16.6. The van der Waals surface area contributed by atoms with E-state index in [1.165, 1.54) is 5.56 Å². The highest BCUT2D eigenvalue weighted by molar-refractivity contribution is 5.74. The number of carbonyl (C=O) groups is 1. The topological polar surface area (TPSA) is 44.8 Å². The molecule has 22 heavy (non-hydrogen) atoms. The Morgan fingerprint density at radius 1 is 1.23 bits per heavy atom. The quantitative estimate of drug-likeness (QED) is 0.847. The predicted molar refractivity (Wildman–Crippen MR) is 88.5 cm³/mol. The molecule has 1 fully saturated rings. The standard InChI is InChI=1S/C17H27N3O2/c1-4-19-8-10-20(11-9-19)17(21)18-7-12-22-16-13-14(2)5-6-15(16)3/h5-6,13H,4,7-12H2,1-3H3,(H,18,21). The van der Waals surface area contributed by atoms with Gasteiger partial charge in [-0.3, -0.25) is 0 Å². The molecule has 0 aromatic heterocycles. The summed E-state index contributed by atoms with van der Waals surface area (Å²) >= 11 is 0. The molecular formula is C17H27N3O2. The van der Waals surface area contributed by atoms with Crippen LogP contribution >= 0.6 is 0 Å². The van der Waals surface area contributed by atoms with Gasteiger partial charge in [0.1, 0.15) is 12.4 Å². The Morgan fingerprint density at radius 3 is 2.64 bits per heavy atom. The van der Waals surface area contributed by atoms with Gasteiger partial charge in [-0.05, 0) is 37.6 Å². The minimum Gasteiger partial charge on any atom is -0.491 e. The Bertz CT molecular complexity index is 497. The lowest BCUT2D eigenvalue weighted by Crippen LogP contribution is -2.52. The number of rotatable bonds is 5. The minimum absolute atomic E-state index is 0.0142. The molecule has 1 aliphatic rings. The van der Waals surface area contributed by atoms with Gasteiger partial charge in [0.15, 0.2) is 0 Å². The second kappa shape index (κ2) is 8.03. The lowest BCUT2D eigenvalue weighted by Gasteiger charge is -2.33. The van der Waals surface area contributed by atoms with Gasteiger partial charge in [-0.25, -0.2) is 4.79 Å². The molecule has 0 atom stereocenters. The maximum absolute atomic E-state index is 12.1. The third kappa shape index (κ3) is 4.63. The molecule has 1 heterocycles. The van der Waals surface area contributed by atoms with Gasteiger partial charge >= 0.3 is 6.03 Å². The van der Waals surface area contributed by atoms with Crippen LogP contribution in [0.15, 0.2) is 18.2 Å². The van der Waals surface area contributed by atoms with Gasteiger partial charge in [-0.15, -0.1) is 0 Å². The molecular weight excluding hydrogens is 278 g/mol. The lowest BCUT2D eigenvalue weighted by molar-refractivity contribution is 0.142. The molecule has 1 aromatic rings. The molecule has 0 saturated carbocycles. The van der Waals surface area contributed by atoms with Crippen LogP contribution < -0.4 is 10.1 Å². The van der Waals surface area contributed by atoms with Crippen molar-refractivity contribution in [3.63, 3.8) is 0 Å². The van der Waals surface area contributed by atoms with Crippen LogP contribution in [-0.2, 0) is 0 Å². The normalized spacial score (nSPS) is 15.7. The predicted octanol–water partition coefficient (Wildman–Crippen LogP) is 2.03. The molecule has 1 N–H and O–H groups in total. The summed E-state index contributed by atoms with van der Waals surface area (Å²) in [6.07, 6.45) is 0. The molecule has 0 spiro atoms. The SMILES string of the molecule is CCN1CCN(C(=O)NCCOc2cc(C)ccc2C)CC1. The summed E-state index contributed by atoms with van der Waals surface area (Å²) in [7, 11) is 0. The van der Waals surface area contributed by atoms with E-state index in [2.05, 4.69) is 29.3 Å². The van der Waals surface area contributed by atoms with E-state index < -0.39 is 0 Å². The average Bonchev–Trinajstić information content (AvgIpc) is 2.54. The highest BCUT2D eigenvalue weighted by atomic mass is 16.5. The molecule has 0 radical (unpaired) electrons. The molecule has 5 heteroatoms. The van der Waals surface area contributed by atoms with Gasteiger partial charge in [0.2, 0.25) is 0 Å². The zero-order valence-electron chi connectivity index (χ0n) is 13.9. The Kier molecular flexibility index (Phi) is 6.07. The van der Waals surface area contributed by atoms with Crippen molar-refractivity contribution in [3.05, 3.63) is 29.3 Å². The summed E-state index contributed by atoms with van der Waals surface area (Å²) in [5.41, 5.74) is 2.30. The number of hydrogen-bond donors (Lipinski definition) is 1. The van der Waals surface area contributed by atoms with Crippen molar-refractivity contribution >= 4 is 6.03 Å². The van der Waals surface area contributed by atoms with Crippen LogP contribution in [0.25, 0.3) is 0 Å². The van der Waals surface area contributed by atoms with Crippen molar-refractivity contribution in [1.82, 2.24) is 15.1 Å². The van der Waals surface area contributed by atoms with Crippen LogP contribution in [0, 0.1) is 13.8 Å². The summed E-state index contributed by atoms with van der Waals surface area (Å²) in [5.74, 6) is 0.894. The first-order valence-electron chi connectivity index (χ1n) is 8.05. The number of nitrogens with one attached hydrogen (secondary N) is 1. The first-order chi connectivity index (χ1) is 10.6. The van der Waals surface area contributed by atoms with E-state index >= 15 is 0 Å². The Morgan fingerprint density at radius 2 is 1.95 bits per heavy atom. The molecule has 1 aliphatic heterocycles. The first-order valence-corrected chi connectivity index (χ1v) is 8.05. The maximum Gasteiger partial charge on any atom is 0.317 e. The number of likely N-dealkylation sites (N-methyl/N-ethyl adjacent to an activating group) is 1. The monoisotopic (exact) mass is 305 g/mol. The number of aryl methyl sites for hydroxylation is 2. The maximum atomic E-state index is 12.1. The Labute approximate surface area is 133 Å². The molecule has 0 aliphatic carbocycles. The van der Waals surface area contributed by atoms with E-state index in [4.69, 9.17) is 4.74 Å². The average molecular weight is 305 g/mol. The van der Waals surface area contributed by atoms with E-state index in [1.807, 2.05) is 24.8 Å². The van der Waals surface area contributed by atoms with Gasteiger partial charge < -0.3 is 19.9 Å². The number of benzene rings is 1. The van der Waals surface area contributed by atoms with Crippen LogP contribution in [-0.4, -0.2) is 61.7 Å². The number of carbonyl (C=O) groups excluding carboxylic acids is 1. The molecule has 5 nitrogen and oxygen atoms in total. The smallest absolute Gasteiger partial charge is 0.317 e. The summed E-state index contributed by atoms with van der Waals surface area (Å²) in [5, 5.41) is 2.93.